The second-order valence-electron chi connectivity index (χ2n) is 2.56. The number of hydrogen-bond donors (Lipinski definition) is 1. The van der Waals surface area contributed by atoms with Crippen molar-refractivity contribution in [1.29, 1.82) is 0 Å². The molecule has 0 saturated heterocycles. The molecule has 0 aliphatic heterocycles. The van der Waals surface area contributed by atoms with Gasteiger partial charge in [-0.15, -0.1) is 22.6 Å². The number of aromatic amines is 1. The van der Waals surface area contributed by atoms with Crippen molar-refractivity contribution in [2.75, 3.05) is 0 Å². The van der Waals surface area contributed by atoms with E-state index in [0.717, 1.165) is 11.3 Å². The molecule has 2 rings (SSSR count). The first-order chi connectivity index (χ1) is 6.25. The van der Waals surface area contributed by atoms with E-state index in [4.69, 9.17) is 11.6 Å². The highest BCUT2D eigenvalue weighted by Crippen LogP contribution is 2.17. The number of tetrazole rings is 1. The molecule has 2 aromatic rings. The number of nitrogens with zero attached hydrogens (tertiary/aromatic N) is 4. The summed E-state index contributed by atoms with van der Waals surface area (Å²) in [7, 11) is 0. The number of pyridine rings is 1. The maximum Gasteiger partial charge on any atom is 0.204 e. The predicted molar refractivity (Wildman–Crippen MR) is 54.4 cm³/mol. The van der Waals surface area contributed by atoms with Crippen molar-refractivity contribution in [2.24, 2.45) is 0 Å². The highest BCUT2D eigenvalue weighted by atomic mass is 35.5. The van der Waals surface area contributed by atoms with Gasteiger partial charge in [0.25, 0.3) is 0 Å². The SMILES string of the molecule is Cc1cc(-c2nn[nH]n2)cc(Cl)n1.Cl. The molecule has 0 fully saturated rings. The first kappa shape index (κ1) is 10.9. The zero-order valence-corrected chi connectivity index (χ0v) is 8.80. The van der Waals surface area contributed by atoms with Crippen LogP contribution in [0.2, 0.25) is 5.15 Å². The second-order valence-corrected chi connectivity index (χ2v) is 2.94. The molecule has 2 aromatic heterocycles. The summed E-state index contributed by atoms with van der Waals surface area (Å²) in [5.74, 6) is 0.521. The van der Waals surface area contributed by atoms with Crippen molar-refractivity contribution in [2.45, 2.75) is 6.92 Å². The van der Waals surface area contributed by atoms with Crippen molar-refractivity contribution in [1.82, 2.24) is 25.6 Å². The van der Waals surface area contributed by atoms with Crippen LogP contribution in [0.5, 0.6) is 0 Å². The summed E-state index contributed by atoms with van der Waals surface area (Å²) in [5.41, 5.74) is 1.64. The van der Waals surface area contributed by atoms with Crippen LogP contribution >= 0.6 is 24.0 Å². The number of hydrogen-bond acceptors (Lipinski definition) is 4. The van der Waals surface area contributed by atoms with Gasteiger partial charge in [-0.2, -0.15) is 5.21 Å². The van der Waals surface area contributed by atoms with Crippen LogP contribution in [0, 0.1) is 6.92 Å². The van der Waals surface area contributed by atoms with Gasteiger partial charge in [0.05, 0.1) is 0 Å². The number of halogens is 2. The van der Waals surface area contributed by atoms with Crippen LogP contribution in [0.1, 0.15) is 5.69 Å². The summed E-state index contributed by atoms with van der Waals surface area (Å²) in [6.07, 6.45) is 0. The molecule has 0 bridgehead atoms. The molecule has 1 N–H and O–H groups in total. The van der Waals surface area contributed by atoms with Crippen LogP contribution in [-0.2, 0) is 0 Å². The Morgan fingerprint density at radius 2 is 2.14 bits per heavy atom. The Hall–Kier alpha value is -1.20. The van der Waals surface area contributed by atoms with E-state index in [1.165, 1.54) is 0 Å². The summed E-state index contributed by atoms with van der Waals surface area (Å²) in [6, 6.07) is 3.54. The normalized spacial score (nSPS) is 9.57. The average molecular weight is 232 g/mol. The highest BCUT2D eigenvalue weighted by molar-refractivity contribution is 6.29. The highest BCUT2D eigenvalue weighted by Gasteiger charge is 2.04. The molecule has 0 aromatic carbocycles. The number of nitrogens with one attached hydrogen (secondary N) is 1. The van der Waals surface area contributed by atoms with E-state index < -0.39 is 0 Å². The minimum absolute atomic E-state index is 0. The van der Waals surface area contributed by atoms with Gasteiger partial charge < -0.3 is 0 Å². The van der Waals surface area contributed by atoms with E-state index in [2.05, 4.69) is 25.6 Å². The van der Waals surface area contributed by atoms with Crippen molar-refractivity contribution in [3.8, 4) is 11.4 Å². The van der Waals surface area contributed by atoms with Crippen molar-refractivity contribution < 1.29 is 0 Å². The Kier molecular flexibility index (Phi) is 3.38. The second kappa shape index (κ2) is 4.34. The maximum atomic E-state index is 5.77. The van der Waals surface area contributed by atoms with Gasteiger partial charge in [-0.3, -0.25) is 0 Å². The zero-order valence-electron chi connectivity index (χ0n) is 7.23. The molecule has 74 valence electrons. The fraction of sp³-hybridized carbons (Fsp3) is 0.143. The third-order valence-corrected chi connectivity index (χ3v) is 1.72. The third-order valence-electron chi connectivity index (χ3n) is 1.53. The van der Waals surface area contributed by atoms with Gasteiger partial charge in [0.15, 0.2) is 0 Å². The van der Waals surface area contributed by atoms with Crippen LogP contribution in [0.3, 0.4) is 0 Å². The molecular formula is C7H7Cl2N5. The van der Waals surface area contributed by atoms with Gasteiger partial charge in [-0.25, -0.2) is 4.98 Å². The van der Waals surface area contributed by atoms with Gasteiger partial charge in [-0.05, 0) is 24.3 Å². The van der Waals surface area contributed by atoms with Crippen molar-refractivity contribution in [3.63, 3.8) is 0 Å². The number of rotatable bonds is 1. The molecule has 0 radical (unpaired) electrons. The Morgan fingerprint density at radius 1 is 1.36 bits per heavy atom. The Balaban J connectivity index is 0.000000980. The van der Waals surface area contributed by atoms with Gasteiger partial charge >= 0.3 is 0 Å². The van der Waals surface area contributed by atoms with Gasteiger partial charge in [0.2, 0.25) is 5.82 Å². The molecule has 0 spiro atoms. The van der Waals surface area contributed by atoms with Crippen LogP contribution in [0.4, 0.5) is 0 Å². The maximum absolute atomic E-state index is 5.77. The van der Waals surface area contributed by atoms with Crippen molar-refractivity contribution in [3.05, 3.63) is 23.0 Å². The van der Waals surface area contributed by atoms with Crippen LogP contribution < -0.4 is 0 Å². The molecule has 5 nitrogen and oxygen atoms in total. The lowest BCUT2D eigenvalue weighted by atomic mass is 10.2. The number of H-pyrrole nitrogens is 1. The fourth-order valence-electron chi connectivity index (χ4n) is 1.04. The molecule has 0 unspecified atom stereocenters. The average Bonchev–Trinajstić information content (AvgIpc) is 2.53. The minimum atomic E-state index is 0. The Morgan fingerprint density at radius 3 is 2.71 bits per heavy atom. The van der Waals surface area contributed by atoms with E-state index in [1.807, 2.05) is 13.0 Å². The largest absolute Gasteiger partial charge is 0.241 e. The molecule has 0 amide bonds. The lowest BCUT2D eigenvalue weighted by Crippen LogP contribution is -1.86. The smallest absolute Gasteiger partial charge is 0.204 e. The van der Waals surface area contributed by atoms with Crippen LogP contribution in [-0.4, -0.2) is 25.6 Å². The van der Waals surface area contributed by atoms with E-state index in [9.17, 15) is 0 Å². The van der Waals surface area contributed by atoms with Crippen molar-refractivity contribution >= 4 is 24.0 Å². The summed E-state index contributed by atoms with van der Waals surface area (Å²) in [5, 5.41) is 13.9. The molecule has 14 heavy (non-hydrogen) atoms. The monoisotopic (exact) mass is 231 g/mol. The number of aryl methyl sites for hydroxylation is 1. The quantitative estimate of drug-likeness (QED) is 0.759. The van der Waals surface area contributed by atoms with E-state index in [1.54, 1.807) is 6.07 Å². The Bertz CT molecular complexity index is 394. The Labute approximate surface area is 91.3 Å². The van der Waals surface area contributed by atoms with Gasteiger partial charge in [0, 0.05) is 11.3 Å². The molecule has 0 saturated carbocycles. The minimum Gasteiger partial charge on any atom is -0.241 e. The summed E-state index contributed by atoms with van der Waals surface area (Å²) >= 11 is 5.77. The van der Waals surface area contributed by atoms with Gasteiger partial charge in [0.1, 0.15) is 5.15 Å². The molecular weight excluding hydrogens is 225 g/mol. The molecule has 0 aliphatic rings. The van der Waals surface area contributed by atoms with Crippen LogP contribution in [0.15, 0.2) is 12.1 Å². The summed E-state index contributed by atoms with van der Waals surface area (Å²) in [6.45, 7) is 1.86. The lowest BCUT2D eigenvalue weighted by Gasteiger charge is -1.97. The zero-order chi connectivity index (χ0) is 9.26. The molecule has 0 aliphatic carbocycles. The fourth-order valence-corrected chi connectivity index (χ4v) is 1.29. The molecule has 7 heteroatoms. The predicted octanol–water partition coefficient (Wildman–Crippen LogP) is 1.65. The number of aromatic nitrogens is 5. The lowest BCUT2D eigenvalue weighted by molar-refractivity contribution is 0.881. The molecule has 2 heterocycles. The first-order valence-corrected chi connectivity index (χ1v) is 4.01. The standard InChI is InChI=1S/C7H6ClN5.ClH/c1-4-2-5(3-6(8)9-4)7-10-12-13-11-7;/h2-3H,1H3,(H,10,11,12,13);1H. The summed E-state index contributed by atoms with van der Waals surface area (Å²) in [4.78, 5) is 4.02. The summed E-state index contributed by atoms with van der Waals surface area (Å²) < 4.78 is 0. The van der Waals surface area contributed by atoms with E-state index >= 15 is 0 Å². The van der Waals surface area contributed by atoms with E-state index in [0.29, 0.717) is 11.0 Å². The molecule has 0 atom stereocenters. The van der Waals surface area contributed by atoms with Crippen LogP contribution in [0.25, 0.3) is 11.4 Å². The van der Waals surface area contributed by atoms with E-state index in [-0.39, 0.29) is 12.4 Å². The first-order valence-electron chi connectivity index (χ1n) is 3.64. The van der Waals surface area contributed by atoms with Gasteiger partial charge in [-0.1, -0.05) is 11.6 Å². The topological polar surface area (TPSA) is 67.3 Å². The third kappa shape index (κ3) is 2.18.